The molecule has 1 fully saturated rings. The lowest BCUT2D eigenvalue weighted by Crippen LogP contribution is -2.53. The van der Waals surface area contributed by atoms with Crippen LogP contribution >= 0.6 is 0 Å². The summed E-state index contributed by atoms with van der Waals surface area (Å²) < 4.78 is 28.4. The first kappa shape index (κ1) is 20.4. The molecule has 1 aliphatic rings. The van der Waals surface area contributed by atoms with Crippen molar-refractivity contribution in [3.8, 4) is 0 Å². The summed E-state index contributed by atoms with van der Waals surface area (Å²) in [6.07, 6.45) is 5.27. The minimum absolute atomic E-state index is 0.0123. The maximum Gasteiger partial charge on any atom is 0.281 e. The monoisotopic (exact) mass is 347 g/mol. The molecule has 6 nitrogen and oxygen atoms in total. The van der Waals surface area contributed by atoms with Crippen molar-refractivity contribution in [2.75, 3.05) is 26.7 Å². The Morgan fingerprint density at radius 3 is 2.48 bits per heavy atom. The molecule has 0 aromatic carbocycles. The quantitative estimate of drug-likeness (QED) is 0.648. The summed E-state index contributed by atoms with van der Waals surface area (Å²) in [6.45, 7) is 7.53. The molecule has 23 heavy (non-hydrogen) atoms. The fourth-order valence-electron chi connectivity index (χ4n) is 2.82. The van der Waals surface area contributed by atoms with Gasteiger partial charge < -0.3 is 5.32 Å². The summed E-state index contributed by atoms with van der Waals surface area (Å²) in [5, 5.41) is 2.93. The van der Waals surface area contributed by atoms with Crippen molar-refractivity contribution in [1.29, 1.82) is 0 Å². The Kier molecular flexibility index (Phi) is 8.50. The van der Waals surface area contributed by atoms with E-state index in [4.69, 9.17) is 0 Å². The minimum Gasteiger partial charge on any atom is -0.356 e. The molecule has 1 saturated heterocycles. The maximum absolute atomic E-state index is 12.8. The molecule has 0 radical (unpaired) electrons. The molecule has 1 amide bonds. The molecular formula is C16H33N3O3S. The predicted molar refractivity (Wildman–Crippen MR) is 93.3 cm³/mol. The molecule has 7 heteroatoms. The van der Waals surface area contributed by atoms with E-state index in [1.54, 1.807) is 7.05 Å². The molecule has 0 bridgehead atoms. The molecule has 0 aromatic rings. The molecule has 1 aliphatic heterocycles. The number of hydrogen-bond donors (Lipinski definition) is 1. The third kappa shape index (κ3) is 5.72. The second kappa shape index (κ2) is 9.59. The first-order valence-corrected chi connectivity index (χ1v) is 10.2. The van der Waals surface area contributed by atoms with Gasteiger partial charge in [-0.1, -0.05) is 26.7 Å². The molecule has 0 spiro atoms. The Morgan fingerprint density at radius 2 is 1.87 bits per heavy atom. The van der Waals surface area contributed by atoms with Gasteiger partial charge in [-0.15, -0.1) is 0 Å². The largest absolute Gasteiger partial charge is 0.356 e. The number of nitrogens with zero attached hydrogens (tertiary/aromatic N) is 2. The van der Waals surface area contributed by atoms with Gasteiger partial charge in [0.15, 0.2) is 0 Å². The van der Waals surface area contributed by atoms with Gasteiger partial charge >= 0.3 is 0 Å². The predicted octanol–water partition coefficient (Wildman–Crippen LogP) is 1.98. The van der Waals surface area contributed by atoms with Gasteiger partial charge in [-0.2, -0.15) is 17.0 Å². The van der Waals surface area contributed by atoms with Crippen LogP contribution in [0, 0.1) is 5.92 Å². The number of carbonyl (C=O) groups is 1. The Labute approximate surface area is 141 Å². The fraction of sp³-hybridized carbons (Fsp3) is 0.938. The van der Waals surface area contributed by atoms with Crippen LogP contribution in [0.3, 0.4) is 0 Å². The minimum atomic E-state index is -3.49. The van der Waals surface area contributed by atoms with E-state index in [0.29, 0.717) is 13.1 Å². The molecule has 2 unspecified atom stereocenters. The highest BCUT2D eigenvalue weighted by Gasteiger charge is 2.38. The highest BCUT2D eigenvalue weighted by atomic mass is 32.2. The molecule has 2 atom stereocenters. The van der Waals surface area contributed by atoms with Crippen LogP contribution in [0.2, 0.25) is 0 Å². The van der Waals surface area contributed by atoms with Crippen LogP contribution in [-0.4, -0.2) is 55.7 Å². The summed E-state index contributed by atoms with van der Waals surface area (Å²) in [5.41, 5.74) is 0. The zero-order valence-corrected chi connectivity index (χ0v) is 15.9. The van der Waals surface area contributed by atoms with Crippen molar-refractivity contribution in [3.05, 3.63) is 0 Å². The van der Waals surface area contributed by atoms with Crippen molar-refractivity contribution in [3.63, 3.8) is 0 Å². The Morgan fingerprint density at radius 1 is 1.22 bits per heavy atom. The maximum atomic E-state index is 12.8. The van der Waals surface area contributed by atoms with Gasteiger partial charge in [0, 0.05) is 32.7 Å². The smallest absolute Gasteiger partial charge is 0.281 e. The first-order chi connectivity index (χ1) is 10.8. The molecule has 0 aromatic heterocycles. The third-order valence-electron chi connectivity index (χ3n) is 4.54. The van der Waals surface area contributed by atoms with Crippen LogP contribution < -0.4 is 5.32 Å². The molecule has 1 rings (SSSR count). The number of carbonyl (C=O) groups excluding carboxylic acids is 1. The van der Waals surface area contributed by atoms with E-state index in [1.807, 2.05) is 13.8 Å². The normalized spacial score (nSPS) is 23.2. The summed E-state index contributed by atoms with van der Waals surface area (Å²) in [5.74, 6) is -0.251. The number of hydrogen-bond acceptors (Lipinski definition) is 3. The van der Waals surface area contributed by atoms with Gasteiger partial charge in [-0.25, -0.2) is 0 Å². The van der Waals surface area contributed by atoms with Gasteiger partial charge in [0.05, 0.1) is 5.92 Å². The van der Waals surface area contributed by atoms with Crippen molar-refractivity contribution < 1.29 is 13.2 Å². The number of unbranched alkanes of at least 4 members (excludes halogenated alkanes) is 2. The molecule has 1 heterocycles. The van der Waals surface area contributed by atoms with Crippen LogP contribution in [0.15, 0.2) is 0 Å². The summed E-state index contributed by atoms with van der Waals surface area (Å²) in [7, 11) is -1.86. The number of piperidine rings is 1. The molecule has 0 saturated carbocycles. The number of rotatable bonds is 9. The molecular weight excluding hydrogens is 314 g/mol. The fourth-order valence-corrected chi connectivity index (χ4v) is 4.46. The Hall–Kier alpha value is -0.660. The zero-order chi connectivity index (χ0) is 17.5. The van der Waals surface area contributed by atoms with Gasteiger partial charge in [0.2, 0.25) is 5.91 Å². The van der Waals surface area contributed by atoms with Gasteiger partial charge in [0.1, 0.15) is 0 Å². The van der Waals surface area contributed by atoms with Gasteiger partial charge in [-0.3, -0.25) is 4.79 Å². The topological polar surface area (TPSA) is 69.7 Å². The van der Waals surface area contributed by atoms with Crippen LogP contribution in [0.25, 0.3) is 0 Å². The second-order valence-corrected chi connectivity index (χ2v) is 8.51. The van der Waals surface area contributed by atoms with Crippen molar-refractivity contribution in [2.45, 2.75) is 65.3 Å². The van der Waals surface area contributed by atoms with Crippen LogP contribution in [0.1, 0.15) is 59.3 Å². The van der Waals surface area contributed by atoms with E-state index >= 15 is 0 Å². The van der Waals surface area contributed by atoms with E-state index in [0.717, 1.165) is 38.5 Å². The summed E-state index contributed by atoms with van der Waals surface area (Å²) >= 11 is 0. The van der Waals surface area contributed by atoms with Crippen molar-refractivity contribution in [2.24, 2.45) is 5.92 Å². The summed E-state index contributed by atoms with van der Waals surface area (Å²) in [6, 6.07) is -0.0521. The lowest BCUT2D eigenvalue weighted by molar-refractivity contribution is -0.126. The lowest BCUT2D eigenvalue weighted by Gasteiger charge is -2.38. The lowest BCUT2D eigenvalue weighted by atomic mass is 9.94. The van der Waals surface area contributed by atoms with Crippen molar-refractivity contribution >= 4 is 16.1 Å². The SMILES string of the molecule is CCCCNC(=O)C1CCC(C)N(S(=O)(=O)N(C)CCCC)C1. The molecule has 136 valence electrons. The van der Waals surface area contributed by atoms with Gasteiger partial charge in [-0.05, 0) is 32.6 Å². The standard InChI is InChI=1S/C16H33N3O3S/c1-5-7-11-17-16(20)15-10-9-14(3)19(13-15)23(21,22)18(4)12-8-6-2/h14-15H,5-13H2,1-4H3,(H,17,20). The number of nitrogens with one attached hydrogen (secondary N) is 1. The average Bonchev–Trinajstić information content (AvgIpc) is 2.52. The Bertz CT molecular complexity index is 467. The highest BCUT2D eigenvalue weighted by molar-refractivity contribution is 7.86. The van der Waals surface area contributed by atoms with Crippen molar-refractivity contribution in [1.82, 2.24) is 13.9 Å². The average molecular weight is 348 g/mol. The molecule has 1 N–H and O–H groups in total. The van der Waals surface area contributed by atoms with Gasteiger partial charge in [0.25, 0.3) is 10.2 Å². The second-order valence-electron chi connectivity index (χ2n) is 6.52. The van der Waals surface area contributed by atoms with Crippen LogP contribution in [0.4, 0.5) is 0 Å². The zero-order valence-electron chi connectivity index (χ0n) is 15.0. The van der Waals surface area contributed by atoms with Crippen LogP contribution in [-0.2, 0) is 15.0 Å². The first-order valence-electron chi connectivity index (χ1n) is 8.85. The number of amides is 1. The third-order valence-corrected chi connectivity index (χ3v) is 6.61. The van der Waals surface area contributed by atoms with E-state index < -0.39 is 10.2 Å². The van der Waals surface area contributed by atoms with E-state index in [9.17, 15) is 13.2 Å². The highest BCUT2D eigenvalue weighted by Crippen LogP contribution is 2.26. The van der Waals surface area contributed by atoms with E-state index in [-0.39, 0.29) is 24.4 Å². The van der Waals surface area contributed by atoms with E-state index in [1.165, 1.54) is 8.61 Å². The van der Waals surface area contributed by atoms with Crippen LogP contribution in [0.5, 0.6) is 0 Å². The summed E-state index contributed by atoms with van der Waals surface area (Å²) in [4.78, 5) is 12.2. The molecule has 0 aliphatic carbocycles. The van der Waals surface area contributed by atoms with E-state index in [2.05, 4.69) is 12.2 Å². The Balaban J connectivity index is 2.71.